The molecular formula is C15H23N7O3. The monoisotopic (exact) mass is 349 g/mol. The minimum absolute atomic E-state index is 0.0531. The van der Waals surface area contributed by atoms with E-state index in [1.807, 2.05) is 11.8 Å². The van der Waals surface area contributed by atoms with Crippen molar-refractivity contribution in [3.05, 3.63) is 22.2 Å². The van der Waals surface area contributed by atoms with Crippen LogP contribution in [0.1, 0.15) is 44.3 Å². The van der Waals surface area contributed by atoms with Gasteiger partial charge in [-0.2, -0.15) is 5.10 Å². The van der Waals surface area contributed by atoms with E-state index in [1.165, 1.54) is 0 Å². The summed E-state index contributed by atoms with van der Waals surface area (Å²) in [5, 5.41) is 17.3. The van der Waals surface area contributed by atoms with Crippen molar-refractivity contribution in [1.82, 2.24) is 30.3 Å². The van der Waals surface area contributed by atoms with Crippen molar-refractivity contribution < 1.29 is 9.21 Å². The number of aromatic amines is 2. The molecule has 1 saturated heterocycles. The van der Waals surface area contributed by atoms with Crippen LogP contribution in [0.25, 0.3) is 0 Å². The molecule has 0 spiro atoms. The maximum absolute atomic E-state index is 12.5. The van der Waals surface area contributed by atoms with E-state index in [4.69, 9.17) is 4.42 Å². The van der Waals surface area contributed by atoms with E-state index in [1.54, 1.807) is 0 Å². The zero-order valence-electron chi connectivity index (χ0n) is 14.2. The van der Waals surface area contributed by atoms with E-state index in [9.17, 15) is 9.59 Å². The number of amides is 1. The lowest BCUT2D eigenvalue weighted by Gasteiger charge is -2.24. The fourth-order valence-electron chi connectivity index (χ4n) is 2.92. The van der Waals surface area contributed by atoms with Gasteiger partial charge >= 0.3 is 11.7 Å². The quantitative estimate of drug-likeness (QED) is 0.690. The molecule has 1 atom stereocenters. The number of likely N-dealkylation sites (tertiary alicyclic amines) is 1. The van der Waals surface area contributed by atoms with Crippen LogP contribution in [0.3, 0.4) is 0 Å². The molecule has 1 unspecified atom stereocenters. The lowest BCUT2D eigenvalue weighted by atomic mass is 10.1. The molecule has 3 heterocycles. The Morgan fingerprint density at radius 2 is 2.28 bits per heavy atom. The third kappa shape index (κ3) is 4.68. The second kappa shape index (κ2) is 7.95. The highest BCUT2D eigenvalue weighted by atomic mass is 16.4. The Labute approximate surface area is 144 Å². The van der Waals surface area contributed by atoms with Crippen LogP contribution in [0.2, 0.25) is 0 Å². The number of aryl methyl sites for hydroxylation is 2. The predicted octanol–water partition coefficient (Wildman–Crippen LogP) is 0.469. The van der Waals surface area contributed by atoms with Crippen LogP contribution in [-0.4, -0.2) is 55.3 Å². The van der Waals surface area contributed by atoms with E-state index in [-0.39, 0.29) is 17.6 Å². The number of rotatable bonds is 6. The summed E-state index contributed by atoms with van der Waals surface area (Å²) in [6.45, 7) is 3.29. The molecule has 1 amide bonds. The summed E-state index contributed by atoms with van der Waals surface area (Å²) in [7, 11) is 0. The van der Waals surface area contributed by atoms with Crippen LogP contribution < -0.4 is 11.0 Å². The van der Waals surface area contributed by atoms with Crippen LogP contribution in [0.4, 0.5) is 6.01 Å². The molecule has 25 heavy (non-hydrogen) atoms. The molecule has 1 aliphatic rings. The number of hydrogen-bond donors (Lipinski definition) is 3. The molecule has 1 fully saturated rings. The number of H-pyrrole nitrogens is 2. The van der Waals surface area contributed by atoms with Gasteiger partial charge in [-0.1, -0.05) is 12.0 Å². The van der Waals surface area contributed by atoms with Crippen molar-refractivity contribution in [3.8, 4) is 0 Å². The van der Waals surface area contributed by atoms with Crippen molar-refractivity contribution in [2.24, 2.45) is 0 Å². The lowest BCUT2D eigenvalue weighted by molar-refractivity contribution is -0.131. The Morgan fingerprint density at radius 3 is 3.00 bits per heavy atom. The second-order valence-electron chi connectivity index (χ2n) is 6.16. The SMILES string of the molecule is CCc1nnc(NC2CCCCN(C(=O)CCc3n[nH]c(=O)[nH]3)C2)o1. The third-order valence-corrected chi connectivity index (χ3v) is 4.25. The molecule has 136 valence electrons. The number of nitrogens with one attached hydrogen (secondary N) is 3. The predicted molar refractivity (Wildman–Crippen MR) is 89.0 cm³/mol. The summed E-state index contributed by atoms with van der Waals surface area (Å²) >= 11 is 0. The Balaban J connectivity index is 1.54. The lowest BCUT2D eigenvalue weighted by Crippen LogP contribution is -2.39. The van der Waals surface area contributed by atoms with Crippen molar-refractivity contribution >= 4 is 11.9 Å². The molecule has 0 bridgehead atoms. The number of carbonyl (C=O) groups is 1. The Kier molecular flexibility index (Phi) is 5.46. The molecule has 2 aromatic heterocycles. The van der Waals surface area contributed by atoms with E-state index in [2.05, 4.69) is 30.7 Å². The fraction of sp³-hybridized carbons (Fsp3) is 0.667. The molecule has 3 N–H and O–H groups in total. The van der Waals surface area contributed by atoms with Crippen LogP contribution in [0, 0.1) is 0 Å². The van der Waals surface area contributed by atoms with E-state index >= 15 is 0 Å². The molecule has 3 rings (SSSR count). The topological polar surface area (TPSA) is 133 Å². The standard InChI is InChI=1S/C15H23N7O3/c1-2-12-19-21-15(25-12)16-10-5-3-4-8-22(9-10)13(23)7-6-11-17-14(24)20-18-11/h10H,2-9H2,1H3,(H,16,21)(H2,17,18,20,24). The van der Waals surface area contributed by atoms with Gasteiger partial charge in [-0.15, -0.1) is 5.10 Å². The molecule has 0 aromatic carbocycles. The summed E-state index contributed by atoms with van der Waals surface area (Å²) < 4.78 is 5.50. The Hall–Kier alpha value is -2.65. The highest BCUT2D eigenvalue weighted by molar-refractivity contribution is 5.76. The Bertz CT molecular complexity index is 750. The number of nitrogens with zero attached hydrogens (tertiary/aromatic N) is 4. The maximum atomic E-state index is 12.5. The van der Waals surface area contributed by atoms with E-state index < -0.39 is 0 Å². The van der Waals surface area contributed by atoms with Crippen LogP contribution in [-0.2, 0) is 17.6 Å². The molecule has 0 saturated carbocycles. The molecular weight excluding hydrogens is 326 g/mol. The number of aromatic nitrogens is 5. The molecule has 2 aromatic rings. The van der Waals surface area contributed by atoms with Crippen molar-refractivity contribution in [2.75, 3.05) is 18.4 Å². The summed E-state index contributed by atoms with van der Waals surface area (Å²) in [5.74, 6) is 1.15. The van der Waals surface area contributed by atoms with Crippen molar-refractivity contribution in [1.29, 1.82) is 0 Å². The van der Waals surface area contributed by atoms with Gasteiger partial charge in [0.1, 0.15) is 5.82 Å². The van der Waals surface area contributed by atoms with Gasteiger partial charge in [0, 0.05) is 38.4 Å². The highest BCUT2D eigenvalue weighted by Gasteiger charge is 2.23. The summed E-state index contributed by atoms with van der Waals surface area (Å²) in [4.78, 5) is 27.9. The van der Waals surface area contributed by atoms with Crippen molar-refractivity contribution in [2.45, 2.75) is 51.5 Å². The van der Waals surface area contributed by atoms with Gasteiger partial charge in [0.15, 0.2) is 0 Å². The first-order valence-corrected chi connectivity index (χ1v) is 8.64. The largest absolute Gasteiger partial charge is 0.408 e. The summed E-state index contributed by atoms with van der Waals surface area (Å²) in [6, 6.07) is 0.493. The molecule has 10 nitrogen and oxygen atoms in total. The first kappa shape index (κ1) is 17.2. The zero-order valence-corrected chi connectivity index (χ0v) is 14.2. The normalized spacial score (nSPS) is 18.1. The average molecular weight is 349 g/mol. The number of hydrogen-bond acceptors (Lipinski definition) is 7. The smallest absolute Gasteiger partial charge is 0.340 e. The maximum Gasteiger partial charge on any atom is 0.340 e. The summed E-state index contributed by atoms with van der Waals surface area (Å²) in [5.41, 5.74) is -0.354. The highest BCUT2D eigenvalue weighted by Crippen LogP contribution is 2.16. The van der Waals surface area contributed by atoms with Gasteiger partial charge in [0.05, 0.1) is 0 Å². The minimum atomic E-state index is -0.354. The molecule has 1 aliphatic heterocycles. The van der Waals surface area contributed by atoms with Crippen LogP contribution in [0.15, 0.2) is 9.21 Å². The van der Waals surface area contributed by atoms with Crippen molar-refractivity contribution in [3.63, 3.8) is 0 Å². The van der Waals surface area contributed by atoms with Gasteiger partial charge in [0.25, 0.3) is 0 Å². The van der Waals surface area contributed by atoms with Gasteiger partial charge in [-0.3, -0.25) is 9.78 Å². The van der Waals surface area contributed by atoms with Gasteiger partial charge in [-0.25, -0.2) is 9.89 Å². The first-order valence-electron chi connectivity index (χ1n) is 8.64. The van der Waals surface area contributed by atoms with Gasteiger partial charge < -0.3 is 14.6 Å². The number of carbonyl (C=O) groups excluding carboxylic acids is 1. The van der Waals surface area contributed by atoms with Crippen LogP contribution in [0.5, 0.6) is 0 Å². The number of anilines is 1. The van der Waals surface area contributed by atoms with Gasteiger partial charge in [0.2, 0.25) is 11.8 Å². The average Bonchev–Trinajstić information content (AvgIpc) is 3.16. The molecule has 0 radical (unpaired) electrons. The van der Waals surface area contributed by atoms with Gasteiger partial charge in [-0.05, 0) is 19.3 Å². The molecule has 0 aliphatic carbocycles. The first-order chi connectivity index (χ1) is 12.1. The molecule has 10 heteroatoms. The van der Waals surface area contributed by atoms with Crippen LogP contribution >= 0.6 is 0 Å². The second-order valence-corrected chi connectivity index (χ2v) is 6.16. The third-order valence-electron chi connectivity index (χ3n) is 4.25. The summed E-state index contributed by atoms with van der Waals surface area (Å²) in [6.07, 6.45) is 4.36. The zero-order chi connectivity index (χ0) is 17.6. The Morgan fingerprint density at radius 1 is 1.40 bits per heavy atom. The van der Waals surface area contributed by atoms with E-state index in [0.717, 1.165) is 25.8 Å². The minimum Gasteiger partial charge on any atom is -0.408 e. The fourth-order valence-corrected chi connectivity index (χ4v) is 2.92. The van der Waals surface area contributed by atoms with E-state index in [0.29, 0.717) is 43.5 Å².